The van der Waals surface area contributed by atoms with Crippen molar-refractivity contribution in [3.63, 3.8) is 0 Å². The van der Waals surface area contributed by atoms with Gasteiger partial charge in [-0.05, 0) is 12.8 Å². The Hall–Kier alpha value is -1.05. The minimum atomic E-state index is 1.09. The molecule has 1 aromatic rings. The first-order chi connectivity index (χ1) is 8.34. The highest BCUT2D eigenvalue weighted by molar-refractivity contribution is 5.40. The smallest absolute Gasteiger partial charge is 0.0988 e. The quantitative estimate of drug-likeness (QED) is 0.527. The van der Waals surface area contributed by atoms with Gasteiger partial charge in [0.05, 0.1) is 6.33 Å². The van der Waals surface area contributed by atoms with E-state index in [1.54, 1.807) is 6.20 Å². The van der Waals surface area contributed by atoms with E-state index >= 15 is 0 Å². The summed E-state index contributed by atoms with van der Waals surface area (Å²) in [6.45, 7) is 6.34. The fraction of sp³-hybridized carbons (Fsp3) is 0.667. The molecule has 1 rings (SSSR count). The molecule has 0 saturated carbocycles. The van der Waals surface area contributed by atoms with E-state index in [9.17, 15) is 0 Å². The van der Waals surface area contributed by atoms with Gasteiger partial charge in [0.2, 0.25) is 0 Å². The Morgan fingerprint density at radius 1 is 1.06 bits per heavy atom. The van der Waals surface area contributed by atoms with Gasteiger partial charge in [0, 0.05) is 18.1 Å². The Balaban J connectivity index is 1.92. The lowest BCUT2D eigenvalue weighted by atomic mass is 10.1. The summed E-state index contributed by atoms with van der Waals surface area (Å²) in [7, 11) is 0. The van der Waals surface area contributed by atoms with E-state index in [4.69, 9.17) is 0 Å². The van der Waals surface area contributed by atoms with Gasteiger partial charge in [-0.3, -0.25) is 0 Å². The maximum Gasteiger partial charge on any atom is 0.0988 e. The van der Waals surface area contributed by atoms with Crippen LogP contribution >= 0.6 is 0 Å². The van der Waals surface area contributed by atoms with Gasteiger partial charge < -0.3 is 4.57 Å². The normalized spacial score (nSPS) is 10.6. The summed E-state index contributed by atoms with van der Waals surface area (Å²) in [5.41, 5.74) is 1.16. The second-order valence-electron chi connectivity index (χ2n) is 4.76. The molecule has 0 amide bonds. The molecule has 0 N–H and O–H groups in total. The first kappa shape index (κ1) is 14.0. The molecule has 0 atom stereocenters. The van der Waals surface area contributed by atoms with Gasteiger partial charge in [-0.25, -0.2) is 4.98 Å². The van der Waals surface area contributed by atoms with Crippen LogP contribution < -0.4 is 0 Å². The van der Waals surface area contributed by atoms with E-state index in [1.807, 2.05) is 17.1 Å². The molecule has 0 radical (unpaired) electrons. The van der Waals surface area contributed by atoms with Crippen LogP contribution in [0.2, 0.25) is 0 Å². The SMILES string of the molecule is C=C(CCCCCCCCCC)n1ccnc1. The summed E-state index contributed by atoms with van der Waals surface area (Å²) in [5, 5.41) is 0. The molecule has 1 aromatic heterocycles. The molecule has 0 aromatic carbocycles. The van der Waals surface area contributed by atoms with Crippen LogP contribution in [0.3, 0.4) is 0 Å². The molecule has 17 heavy (non-hydrogen) atoms. The van der Waals surface area contributed by atoms with E-state index in [2.05, 4.69) is 18.5 Å². The molecule has 0 unspecified atom stereocenters. The molecular weight excluding hydrogens is 208 g/mol. The van der Waals surface area contributed by atoms with Gasteiger partial charge in [0.1, 0.15) is 0 Å². The van der Waals surface area contributed by atoms with Crippen LogP contribution in [-0.4, -0.2) is 9.55 Å². The molecule has 1 heterocycles. The molecule has 0 aliphatic carbocycles. The van der Waals surface area contributed by atoms with Gasteiger partial charge in [0.15, 0.2) is 0 Å². The second kappa shape index (κ2) is 9.03. The van der Waals surface area contributed by atoms with Gasteiger partial charge in [-0.1, -0.05) is 58.4 Å². The van der Waals surface area contributed by atoms with Crippen molar-refractivity contribution >= 4 is 5.70 Å². The number of imidazole rings is 1. The summed E-state index contributed by atoms with van der Waals surface area (Å²) in [6, 6.07) is 0. The largest absolute Gasteiger partial charge is 0.311 e. The van der Waals surface area contributed by atoms with Crippen LogP contribution in [0.25, 0.3) is 5.70 Å². The third-order valence-electron chi connectivity index (χ3n) is 3.19. The lowest BCUT2D eigenvalue weighted by Crippen LogP contribution is -1.92. The monoisotopic (exact) mass is 234 g/mol. The van der Waals surface area contributed by atoms with E-state index < -0.39 is 0 Å². The Morgan fingerprint density at radius 2 is 1.71 bits per heavy atom. The maximum atomic E-state index is 4.08. The standard InChI is InChI=1S/C15H26N2/c1-3-4-5-6-7-8-9-10-11-15(2)17-13-12-16-14-17/h12-14H,2-11H2,1H3. The molecule has 96 valence electrons. The van der Waals surface area contributed by atoms with Crippen molar-refractivity contribution in [2.24, 2.45) is 0 Å². The van der Waals surface area contributed by atoms with Crippen LogP contribution in [0.1, 0.15) is 64.7 Å². The van der Waals surface area contributed by atoms with Crippen molar-refractivity contribution < 1.29 is 0 Å². The fourth-order valence-electron chi connectivity index (χ4n) is 2.04. The van der Waals surface area contributed by atoms with Gasteiger partial charge in [-0.2, -0.15) is 0 Å². The van der Waals surface area contributed by atoms with Crippen LogP contribution in [0.15, 0.2) is 25.3 Å². The maximum absolute atomic E-state index is 4.08. The van der Waals surface area contributed by atoms with Crippen LogP contribution in [-0.2, 0) is 0 Å². The van der Waals surface area contributed by atoms with Crippen molar-refractivity contribution in [3.05, 3.63) is 25.3 Å². The van der Waals surface area contributed by atoms with Crippen molar-refractivity contribution in [1.82, 2.24) is 9.55 Å². The number of nitrogens with zero attached hydrogens (tertiary/aromatic N) is 2. The third kappa shape index (κ3) is 6.30. The predicted molar refractivity (Wildman–Crippen MR) is 74.8 cm³/mol. The molecule has 2 nitrogen and oxygen atoms in total. The van der Waals surface area contributed by atoms with E-state index in [0.29, 0.717) is 0 Å². The van der Waals surface area contributed by atoms with Crippen molar-refractivity contribution in [3.8, 4) is 0 Å². The Morgan fingerprint density at radius 3 is 2.29 bits per heavy atom. The van der Waals surface area contributed by atoms with E-state index in [1.165, 1.54) is 51.4 Å². The average molecular weight is 234 g/mol. The lowest BCUT2D eigenvalue weighted by molar-refractivity contribution is 0.577. The van der Waals surface area contributed by atoms with Crippen molar-refractivity contribution in [2.75, 3.05) is 0 Å². The number of rotatable bonds is 10. The van der Waals surface area contributed by atoms with E-state index in [-0.39, 0.29) is 0 Å². The van der Waals surface area contributed by atoms with Gasteiger partial charge in [-0.15, -0.1) is 0 Å². The number of aromatic nitrogens is 2. The molecule has 0 bridgehead atoms. The van der Waals surface area contributed by atoms with E-state index in [0.717, 1.165) is 12.1 Å². The summed E-state index contributed by atoms with van der Waals surface area (Å²) in [5.74, 6) is 0. The minimum absolute atomic E-state index is 1.09. The third-order valence-corrected chi connectivity index (χ3v) is 3.19. The molecule has 0 saturated heterocycles. The Kier molecular flexibility index (Phi) is 7.44. The summed E-state index contributed by atoms with van der Waals surface area (Å²) in [4.78, 5) is 4.03. The fourth-order valence-corrected chi connectivity index (χ4v) is 2.04. The number of hydrogen-bond acceptors (Lipinski definition) is 1. The summed E-state index contributed by atoms with van der Waals surface area (Å²) >= 11 is 0. The highest BCUT2D eigenvalue weighted by atomic mass is 15.0. The predicted octanol–water partition coefficient (Wildman–Crippen LogP) is 4.88. The first-order valence-corrected chi connectivity index (χ1v) is 7.00. The molecular formula is C15H26N2. The zero-order chi connectivity index (χ0) is 12.3. The van der Waals surface area contributed by atoms with Crippen LogP contribution in [0, 0.1) is 0 Å². The van der Waals surface area contributed by atoms with Crippen molar-refractivity contribution in [1.29, 1.82) is 0 Å². The topological polar surface area (TPSA) is 17.8 Å². The zero-order valence-corrected chi connectivity index (χ0v) is 11.2. The van der Waals surface area contributed by atoms with Gasteiger partial charge >= 0.3 is 0 Å². The number of hydrogen-bond donors (Lipinski definition) is 0. The second-order valence-corrected chi connectivity index (χ2v) is 4.76. The van der Waals surface area contributed by atoms with Crippen LogP contribution in [0.5, 0.6) is 0 Å². The highest BCUT2D eigenvalue weighted by Crippen LogP contribution is 2.14. The molecule has 0 aliphatic heterocycles. The molecule has 0 fully saturated rings. The average Bonchev–Trinajstić information content (AvgIpc) is 2.86. The highest BCUT2D eigenvalue weighted by Gasteiger charge is 1.97. The van der Waals surface area contributed by atoms with Crippen LogP contribution in [0.4, 0.5) is 0 Å². The number of unbranched alkanes of at least 4 members (excludes halogenated alkanes) is 7. The molecule has 0 spiro atoms. The van der Waals surface area contributed by atoms with Gasteiger partial charge in [0.25, 0.3) is 0 Å². The summed E-state index contributed by atoms with van der Waals surface area (Å²) in [6.07, 6.45) is 17.6. The molecule has 0 aliphatic rings. The molecule has 2 heteroatoms. The Bertz CT molecular complexity index is 288. The van der Waals surface area contributed by atoms with Crippen molar-refractivity contribution in [2.45, 2.75) is 64.7 Å². The lowest BCUT2D eigenvalue weighted by Gasteiger charge is -2.06. The minimum Gasteiger partial charge on any atom is -0.311 e. The zero-order valence-electron chi connectivity index (χ0n) is 11.2. The Labute approximate surface area is 106 Å². The summed E-state index contributed by atoms with van der Waals surface area (Å²) < 4.78 is 2.02. The number of allylic oxidation sites excluding steroid dienone is 1. The first-order valence-electron chi connectivity index (χ1n) is 7.00.